The second-order valence-electron chi connectivity index (χ2n) is 3.90. The van der Waals surface area contributed by atoms with Crippen molar-refractivity contribution in [3.63, 3.8) is 0 Å². The van der Waals surface area contributed by atoms with Gasteiger partial charge >= 0.3 is 0 Å². The zero-order valence-corrected chi connectivity index (χ0v) is 11.4. The molecule has 1 aromatic heterocycles. The number of thioether (sulfide) groups is 1. The molecule has 1 heterocycles. The van der Waals surface area contributed by atoms with E-state index >= 15 is 0 Å². The monoisotopic (exact) mass is 282 g/mol. The first-order chi connectivity index (χ1) is 9.62. The first-order valence-corrected chi connectivity index (χ1v) is 6.82. The van der Waals surface area contributed by atoms with E-state index in [1.165, 1.54) is 23.9 Å². The van der Waals surface area contributed by atoms with E-state index in [0.29, 0.717) is 21.7 Å². The number of nitrogens with zero attached hydrogens (tertiary/aromatic N) is 3. The third kappa shape index (κ3) is 2.25. The fourth-order valence-electron chi connectivity index (χ4n) is 1.86. The molecule has 3 N–H and O–H groups in total. The molecule has 0 fully saturated rings. The van der Waals surface area contributed by atoms with E-state index in [9.17, 15) is 15.6 Å². The SMILES string of the molecule is CSc1nc(N)c(C#N)c(-c2ccc(O)cc2)c1C#N. The lowest BCUT2D eigenvalue weighted by atomic mass is 9.97. The Morgan fingerprint density at radius 2 is 1.75 bits per heavy atom. The average Bonchev–Trinajstić information content (AvgIpc) is 2.46. The number of phenols is 1. The molecule has 0 aliphatic rings. The lowest BCUT2D eigenvalue weighted by Crippen LogP contribution is -2.02. The maximum Gasteiger partial charge on any atom is 0.143 e. The zero-order chi connectivity index (χ0) is 14.7. The van der Waals surface area contributed by atoms with Gasteiger partial charge in [-0.05, 0) is 24.0 Å². The number of nitrogens with two attached hydrogens (primary N) is 1. The molecule has 20 heavy (non-hydrogen) atoms. The fraction of sp³-hybridized carbons (Fsp3) is 0.0714. The summed E-state index contributed by atoms with van der Waals surface area (Å²) in [6, 6.07) is 10.3. The number of rotatable bonds is 2. The molecule has 0 bridgehead atoms. The molecule has 0 amide bonds. The van der Waals surface area contributed by atoms with Gasteiger partial charge in [-0.1, -0.05) is 12.1 Å². The molecule has 2 aromatic rings. The number of anilines is 1. The Bertz CT molecular complexity index is 742. The van der Waals surface area contributed by atoms with Gasteiger partial charge in [-0.3, -0.25) is 0 Å². The highest BCUT2D eigenvalue weighted by Gasteiger charge is 2.19. The molecule has 0 radical (unpaired) electrons. The van der Waals surface area contributed by atoms with Crippen LogP contribution in [0.5, 0.6) is 5.75 Å². The highest BCUT2D eigenvalue weighted by atomic mass is 32.2. The molecule has 2 rings (SSSR count). The fourth-order valence-corrected chi connectivity index (χ4v) is 2.40. The summed E-state index contributed by atoms with van der Waals surface area (Å²) in [6.07, 6.45) is 1.79. The number of hydrogen-bond acceptors (Lipinski definition) is 6. The van der Waals surface area contributed by atoms with E-state index in [-0.39, 0.29) is 17.1 Å². The van der Waals surface area contributed by atoms with Gasteiger partial charge in [-0.25, -0.2) is 4.98 Å². The van der Waals surface area contributed by atoms with Crippen molar-refractivity contribution in [2.75, 3.05) is 12.0 Å². The summed E-state index contributed by atoms with van der Waals surface area (Å²) >= 11 is 1.29. The number of pyridine rings is 1. The molecule has 0 aliphatic carbocycles. The predicted molar refractivity (Wildman–Crippen MR) is 77.0 cm³/mol. The van der Waals surface area contributed by atoms with Gasteiger partial charge in [-0.2, -0.15) is 10.5 Å². The number of benzene rings is 1. The van der Waals surface area contributed by atoms with Crippen LogP contribution in [0, 0.1) is 22.7 Å². The highest BCUT2D eigenvalue weighted by Crippen LogP contribution is 2.35. The normalized spacial score (nSPS) is 9.75. The predicted octanol–water partition coefficient (Wildman–Crippen LogP) is 2.50. The van der Waals surface area contributed by atoms with Crippen LogP contribution in [0.25, 0.3) is 11.1 Å². The Kier molecular flexibility index (Phi) is 3.79. The van der Waals surface area contributed by atoms with Crippen LogP contribution < -0.4 is 5.73 Å². The molecule has 0 aliphatic heterocycles. The minimum Gasteiger partial charge on any atom is -0.508 e. The molecule has 6 heteroatoms. The summed E-state index contributed by atoms with van der Waals surface area (Å²) in [7, 11) is 0. The first kappa shape index (κ1) is 13.7. The molecule has 98 valence electrons. The maximum atomic E-state index is 9.35. The number of hydrogen-bond donors (Lipinski definition) is 2. The van der Waals surface area contributed by atoms with Crippen molar-refractivity contribution >= 4 is 17.6 Å². The van der Waals surface area contributed by atoms with Crippen LogP contribution in [-0.4, -0.2) is 16.3 Å². The molecule has 0 spiro atoms. The average molecular weight is 282 g/mol. The second kappa shape index (κ2) is 5.52. The van der Waals surface area contributed by atoms with E-state index < -0.39 is 0 Å². The highest BCUT2D eigenvalue weighted by molar-refractivity contribution is 7.98. The summed E-state index contributed by atoms with van der Waals surface area (Å²) in [5.41, 5.74) is 7.37. The molecular formula is C14H10N4OS. The molecule has 5 nitrogen and oxygen atoms in total. The molecule has 1 aromatic carbocycles. The number of phenolic OH excluding ortho intramolecular Hbond substituents is 1. The van der Waals surface area contributed by atoms with Crippen molar-refractivity contribution in [1.82, 2.24) is 4.98 Å². The third-order valence-corrected chi connectivity index (χ3v) is 3.45. The summed E-state index contributed by atoms with van der Waals surface area (Å²) in [4.78, 5) is 4.08. The van der Waals surface area contributed by atoms with Gasteiger partial charge in [0.25, 0.3) is 0 Å². The maximum absolute atomic E-state index is 9.35. The van der Waals surface area contributed by atoms with Gasteiger partial charge in [0.15, 0.2) is 0 Å². The van der Waals surface area contributed by atoms with Crippen molar-refractivity contribution in [3.05, 3.63) is 35.4 Å². The summed E-state index contributed by atoms with van der Waals surface area (Å²) in [6.45, 7) is 0. The van der Waals surface area contributed by atoms with E-state index in [4.69, 9.17) is 5.73 Å². The van der Waals surface area contributed by atoms with E-state index in [1.54, 1.807) is 18.4 Å². The van der Waals surface area contributed by atoms with Gasteiger partial charge in [-0.15, -0.1) is 11.8 Å². The van der Waals surface area contributed by atoms with Gasteiger partial charge < -0.3 is 10.8 Å². The van der Waals surface area contributed by atoms with Crippen LogP contribution in [0.2, 0.25) is 0 Å². The Morgan fingerprint density at radius 3 is 2.25 bits per heavy atom. The Balaban J connectivity index is 2.85. The quantitative estimate of drug-likeness (QED) is 0.819. The van der Waals surface area contributed by atoms with Crippen LogP contribution >= 0.6 is 11.8 Å². The van der Waals surface area contributed by atoms with Crippen LogP contribution in [0.1, 0.15) is 11.1 Å². The van der Waals surface area contributed by atoms with Crippen LogP contribution in [0.4, 0.5) is 5.82 Å². The third-order valence-electron chi connectivity index (χ3n) is 2.76. The van der Waals surface area contributed by atoms with Gasteiger partial charge in [0.2, 0.25) is 0 Å². The minimum absolute atomic E-state index is 0.0962. The summed E-state index contributed by atoms with van der Waals surface area (Å²) in [5, 5.41) is 28.4. The number of aromatic hydroxyl groups is 1. The second-order valence-corrected chi connectivity index (χ2v) is 4.70. The smallest absolute Gasteiger partial charge is 0.143 e. The lowest BCUT2D eigenvalue weighted by Gasteiger charge is -2.11. The van der Waals surface area contributed by atoms with Gasteiger partial charge in [0.05, 0.1) is 5.56 Å². The van der Waals surface area contributed by atoms with E-state index in [2.05, 4.69) is 11.1 Å². The van der Waals surface area contributed by atoms with Crippen molar-refractivity contribution in [2.45, 2.75) is 5.03 Å². The van der Waals surface area contributed by atoms with Gasteiger partial charge in [0, 0.05) is 5.56 Å². The first-order valence-electron chi connectivity index (χ1n) is 5.59. The number of nitrogen functional groups attached to an aromatic ring is 1. The molecule has 0 atom stereocenters. The molecule has 0 unspecified atom stereocenters. The van der Waals surface area contributed by atoms with Crippen molar-refractivity contribution < 1.29 is 5.11 Å². The Labute approximate surface area is 120 Å². The number of nitriles is 2. The topological polar surface area (TPSA) is 107 Å². The van der Waals surface area contributed by atoms with Crippen LogP contribution in [0.15, 0.2) is 29.3 Å². The van der Waals surface area contributed by atoms with Crippen LogP contribution in [-0.2, 0) is 0 Å². The van der Waals surface area contributed by atoms with Crippen molar-refractivity contribution in [3.8, 4) is 29.0 Å². The Morgan fingerprint density at radius 1 is 1.15 bits per heavy atom. The van der Waals surface area contributed by atoms with Crippen molar-refractivity contribution in [2.24, 2.45) is 0 Å². The summed E-state index contributed by atoms with van der Waals surface area (Å²) in [5.74, 6) is 0.205. The van der Waals surface area contributed by atoms with E-state index in [0.717, 1.165) is 0 Å². The largest absolute Gasteiger partial charge is 0.508 e. The Hall–Kier alpha value is -2.70. The molecular weight excluding hydrogens is 272 g/mol. The number of aromatic nitrogens is 1. The minimum atomic E-state index is 0.0962. The standard InChI is InChI=1S/C14H10N4OS/c1-20-14-11(7-16)12(10(6-15)13(17)18-14)8-2-4-9(19)5-3-8/h2-5,19H,1H3,(H2,17,18). The zero-order valence-electron chi connectivity index (χ0n) is 10.6. The molecule has 0 saturated heterocycles. The molecule has 0 saturated carbocycles. The van der Waals surface area contributed by atoms with Gasteiger partial charge in [0.1, 0.15) is 34.3 Å². The van der Waals surface area contributed by atoms with Crippen molar-refractivity contribution in [1.29, 1.82) is 10.5 Å². The lowest BCUT2D eigenvalue weighted by molar-refractivity contribution is 0.475. The van der Waals surface area contributed by atoms with E-state index in [1.807, 2.05) is 6.07 Å². The van der Waals surface area contributed by atoms with Crippen LogP contribution in [0.3, 0.4) is 0 Å². The summed E-state index contributed by atoms with van der Waals surface area (Å²) < 4.78 is 0.